The summed E-state index contributed by atoms with van der Waals surface area (Å²) in [6.45, 7) is 3.93. The highest BCUT2D eigenvalue weighted by atomic mass is 35.5. The smallest absolute Gasteiger partial charge is 0.227 e. The molecule has 1 fully saturated rings. The summed E-state index contributed by atoms with van der Waals surface area (Å²) in [6.07, 6.45) is 3.35. The summed E-state index contributed by atoms with van der Waals surface area (Å²) in [5.74, 6) is 0.905. The van der Waals surface area contributed by atoms with Crippen LogP contribution in [0.15, 0.2) is 54.6 Å². The van der Waals surface area contributed by atoms with Crippen LogP contribution in [0.25, 0.3) is 0 Å². The van der Waals surface area contributed by atoms with Gasteiger partial charge in [0, 0.05) is 31.3 Å². The van der Waals surface area contributed by atoms with E-state index in [1.165, 1.54) is 0 Å². The van der Waals surface area contributed by atoms with E-state index in [1.807, 2.05) is 60.4 Å². The Labute approximate surface area is 257 Å². The molecule has 1 atom stereocenters. The Morgan fingerprint density at radius 1 is 0.927 bits per heavy atom. The molecule has 1 aliphatic carbocycles. The monoisotopic (exact) mass is 618 g/mol. The molecule has 0 unspecified atom stereocenters. The van der Waals surface area contributed by atoms with Gasteiger partial charge in [-0.25, -0.2) is 0 Å². The first kappa shape index (κ1) is 31.5. The van der Waals surface area contributed by atoms with Gasteiger partial charge in [-0.3, -0.25) is 4.79 Å². The van der Waals surface area contributed by atoms with Crippen molar-refractivity contribution in [1.82, 2.24) is 4.90 Å². The van der Waals surface area contributed by atoms with Crippen LogP contribution in [0.5, 0.6) is 11.5 Å². The van der Waals surface area contributed by atoms with E-state index in [-0.39, 0.29) is 24.4 Å². The van der Waals surface area contributed by atoms with Gasteiger partial charge in [0.15, 0.2) is 5.75 Å². The zero-order valence-electron chi connectivity index (χ0n) is 23.5. The Morgan fingerprint density at radius 2 is 1.59 bits per heavy atom. The van der Waals surface area contributed by atoms with Crippen molar-refractivity contribution in [2.24, 2.45) is 11.7 Å². The summed E-state index contributed by atoms with van der Waals surface area (Å²) < 4.78 is 16.8. The third kappa shape index (κ3) is 9.00. The largest absolute Gasteiger partial charge is 0.490 e. The lowest BCUT2D eigenvalue weighted by atomic mass is 9.97. The van der Waals surface area contributed by atoms with Crippen molar-refractivity contribution in [3.63, 3.8) is 0 Å². The molecule has 6 nitrogen and oxygen atoms in total. The molecule has 0 heterocycles. The van der Waals surface area contributed by atoms with Gasteiger partial charge < -0.3 is 24.8 Å². The molecule has 0 saturated heterocycles. The molecule has 0 radical (unpaired) electrons. The van der Waals surface area contributed by atoms with Crippen LogP contribution >= 0.6 is 34.8 Å². The van der Waals surface area contributed by atoms with E-state index >= 15 is 0 Å². The average Bonchev–Trinajstić information content (AvgIpc) is 3.79. The van der Waals surface area contributed by atoms with E-state index in [2.05, 4.69) is 6.07 Å². The summed E-state index contributed by atoms with van der Waals surface area (Å²) in [6, 6.07) is 17.6. The summed E-state index contributed by atoms with van der Waals surface area (Å²) in [7, 11) is 1.69. The third-order valence-electron chi connectivity index (χ3n) is 7.10. The van der Waals surface area contributed by atoms with E-state index in [1.54, 1.807) is 7.11 Å². The highest BCUT2D eigenvalue weighted by molar-refractivity contribution is 6.37. The van der Waals surface area contributed by atoms with Crippen LogP contribution in [-0.4, -0.2) is 50.3 Å². The van der Waals surface area contributed by atoms with Gasteiger partial charge in [-0.05, 0) is 85.2 Å². The van der Waals surface area contributed by atoms with Gasteiger partial charge in [-0.1, -0.05) is 59.1 Å². The molecule has 0 spiro atoms. The van der Waals surface area contributed by atoms with Crippen LogP contribution in [0.4, 0.5) is 0 Å². The predicted octanol–water partition coefficient (Wildman–Crippen LogP) is 6.91. The minimum Gasteiger partial charge on any atom is -0.490 e. The number of hydrogen-bond acceptors (Lipinski definition) is 5. The molecule has 1 saturated carbocycles. The van der Waals surface area contributed by atoms with Crippen molar-refractivity contribution < 1.29 is 19.0 Å². The number of amides is 1. The highest BCUT2D eigenvalue weighted by Crippen LogP contribution is 2.34. The van der Waals surface area contributed by atoms with Crippen LogP contribution in [0.2, 0.25) is 15.1 Å². The van der Waals surface area contributed by atoms with Crippen molar-refractivity contribution in [2.45, 2.75) is 45.2 Å². The number of methoxy groups -OCH3 is 1. The van der Waals surface area contributed by atoms with E-state index in [0.717, 1.165) is 41.5 Å². The second-order valence-electron chi connectivity index (χ2n) is 10.4. The van der Waals surface area contributed by atoms with E-state index in [4.69, 9.17) is 54.7 Å². The van der Waals surface area contributed by atoms with E-state index in [9.17, 15) is 4.79 Å². The number of hydrogen-bond donors (Lipinski definition) is 1. The van der Waals surface area contributed by atoms with Crippen LogP contribution in [0, 0.1) is 12.8 Å². The highest BCUT2D eigenvalue weighted by Gasteiger charge is 2.35. The lowest BCUT2D eigenvalue weighted by Crippen LogP contribution is -2.41. The fourth-order valence-corrected chi connectivity index (χ4v) is 5.60. The summed E-state index contributed by atoms with van der Waals surface area (Å²) in [5, 5.41) is 1.62. The number of carbonyl (C=O) groups excluding carboxylic acids is 1. The topological polar surface area (TPSA) is 74.0 Å². The molecule has 3 aromatic carbocycles. The normalized spacial score (nSPS) is 13.6. The van der Waals surface area contributed by atoms with E-state index in [0.29, 0.717) is 59.4 Å². The Kier molecular flexibility index (Phi) is 11.6. The Bertz CT molecular complexity index is 1290. The van der Waals surface area contributed by atoms with Crippen molar-refractivity contribution in [2.75, 3.05) is 33.5 Å². The second kappa shape index (κ2) is 15.1. The second-order valence-corrected chi connectivity index (χ2v) is 11.6. The molecule has 0 aromatic heterocycles. The van der Waals surface area contributed by atoms with Crippen molar-refractivity contribution in [1.29, 1.82) is 0 Å². The Morgan fingerprint density at radius 3 is 2.22 bits per heavy atom. The SMILES string of the molecule is COCCc1ccc(Cl)c(CN(C(=O)[C@@H](CN)Cc2ccc(OCCOc3c(Cl)cc(C)cc3Cl)cc2)C2CC2)c1. The number of benzene rings is 3. The first-order chi connectivity index (χ1) is 19.8. The van der Waals surface area contributed by atoms with Crippen LogP contribution in [0.1, 0.15) is 35.1 Å². The molecule has 41 heavy (non-hydrogen) atoms. The van der Waals surface area contributed by atoms with Crippen LogP contribution in [-0.2, 0) is 28.9 Å². The lowest BCUT2D eigenvalue weighted by molar-refractivity contribution is -0.136. The quantitative estimate of drug-likeness (QED) is 0.187. The van der Waals surface area contributed by atoms with Gasteiger partial charge >= 0.3 is 0 Å². The van der Waals surface area contributed by atoms with Gasteiger partial charge in [0.1, 0.15) is 19.0 Å². The van der Waals surface area contributed by atoms with Gasteiger partial charge in [-0.2, -0.15) is 0 Å². The van der Waals surface area contributed by atoms with Crippen molar-refractivity contribution in [3.05, 3.63) is 91.9 Å². The van der Waals surface area contributed by atoms with Gasteiger partial charge in [-0.15, -0.1) is 0 Å². The lowest BCUT2D eigenvalue weighted by Gasteiger charge is -2.28. The number of nitrogens with two attached hydrogens (primary N) is 1. The maximum atomic E-state index is 13.7. The predicted molar refractivity (Wildman–Crippen MR) is 165 cm³/mol. The number of halogens is 3. The Hall–Kier alpha value is -2.48. The minimum absolute atomic E-state index is 0.0688. The molecular formula is C32H37Cl3N2O4. The fourth-order valence-electron chi connectivity index (χ4n) is 4.72. The van der Waals surface area contributed by atoms with Crippen molar-refractivity contribution >= 4 is 40.7 Å². The number of aryl methyl sites for hydroxylation is 1. The average molecular weight is 620 g/mol. The molecule has 4 rings (SSSR count). The number of carbonyl (C=O) groups is 1. The van der Waals surface area contributed by atoms with Crippen LogP contribution in [0.3, 0.4) is 0 Å². The standard InChI is InChI=1S/C32H37Cl3N2O4/c1-21-15-29(34)31(30(35)16-21)41-14-13-40-27-8-3-22(4-9-27)17-24(19-36)32(38)37(26-6-7-26)20-25-18-23(11-12-39-2)5-10-28(25)33/h3-5,8-10,15-16,18,24,26H,6-7,11-14,17,19-20,36H2,1-2H3/t24-/m1/s1. The summed E-state index contributed by atoms with van der Waals surface area (Å²) >= 11 is 19.0. The molecule has 1 amide bonds. The minimum atomic E-state index is -0.324. The van der Waals surface area contributed by atoms with Gasteiger partial charge in [0.05, 0.1) is 22.6 Å². The van der Waals surface area contributed by atoms with Gasteiger partial charge in [0.25, 0.3) is 0 Å². The summed E-state index contributed by atoms with van der Waals surface area (Å²) in [5.41, 5.74) is 10.2. The van der Waals surface area contributed by atoms with Gasteiger partial charge in [0.2, 0.25) is 5.91 Å². The first-order valence-corrected chi connectivity index (χ1v) is 15.0. The molecule has 0 bridgehead atoms. The molecular weight excluding hydrogens is 583 g/mol. The van der Waals surface area contributed by atoms with E-state index < -0.39 is 0 Å². The fraction of sp³-hybridized carbons (Fsp3) is 0.406. The number of ether oxygens (including phenoxy) is 3. The maximum absolute atomic E-state index is 13.7. The van der Waals surface area contributed by atoms with Crippen molar-refractivity contribution in [3.8, 4) is 11.5 Å². The molecule has 220 valence electrons. The number of rotatable bonds is 15. The summed E-state index contributed by atoms with van der Waals surface area (Å²) in [4.78, 5) is 15.6. The Balaban J connectivity index is 1.32. The number of nitrogens with zero attached hydrogens (tertiary/aromatic N) is 1. The third-order valence-corrected chi connectivity index (χ3v) is 8.03. The zero-order chi connectivity index (χ0) is 29.4. The molecule has 9 heteroatoms. The molecule has 0 aliphatic heterocycles. The molecule has 2 N–H and O–H groups in total. The zero-order valence-corrected chi connectivity index (χ0v) is 25.8. The molecule has 1 aliphatic rings. The maximum Gasteiger partial charge on any atom is 0.227 e. The van der Waals surface area contributed by atoms with Crippen LogP contribution < -0.4 is 15.2 Å². The molecule has 3 aromatic rings. The first-order valence-electron chi connectivity index (χ1n) is 13.9.